The molecule has 0 unspecified atom stereocenters. The number of likely N-dealkylation sites (tertiary alicyclic amines) is 1. The molecule has 3 aromatic rings. The van der Waals surface area contributed by atoms with Gasteiger partial charge in [0.15, 0.2) is 0 Å². The number of amides is 1. The molecule has 1 N–H and O–H groups in total. The fourth-order valence-corrected chi connectivity index (χ4v) is 5.06. The van der Waals surface area contributed by atoms with E-state index in [1.807, 2.05) is 61.5 Å². The first-order valence-electron chi connectivity index (χ1n) is 11.9. The van der Waals surface area contributed by atoms with E-state index in [0.717, 1.165) is 28.8 Å². The molecule has 5 rings (SSSR count). The third-order valence-corrected chi connectivity index (χ3v) is 7.28. The normalized spacial score (nSPS) is 20.3. The number of ether oxygens (including phenoxy) is 1. The third kappa shape index (κ3) is 4.61. The van der Waals surface area contributed by atoms with Crippen LogP contribution < -0.4 is 0 Å². The first-order chi connectivity index (χ1) is 17.5. The van der Waals surface area contributed by atoms with E-state index >= 15 is 0 Å². The standard InChI is InChI=1S/C27H27BrN4O4/c1-18-22(17-29-32(18)21-5-3-2-4-6-21)25(33)23-24(19-7-9-20(28)10-8-19)31(27(35)26(23)34)12-11-30-13-15-36-16-14-30/h2-10,17,24,33H,11-16H2,1H3/t24-/m1/s1. The van der Waals surface area contributed by atoms with E-state index in [1.54, 1.807) is 9.58 Å². The highest BCUT2D eigenvalue weighted by molar-refractivity contribution is 9.10. The van der Waals surface area contributed by atoms with E-state index in [4.69, 9.17) is 4.74 Å². The molecule has 36 heavy (non-hydrogen) atoms. The minimum absolute atomic E-state index is 0.0833. The third-order valence-electron chi connectivity index (χ3n) is 6.75. The summed E-state index contributed by atoms with van der Waals surface area (Å²) < 4.78 is 8.02. The minimum atomic E-state index is -0.696. The zero-order chi connectivity index (χ0) is 25.2. The first kappa shape index (κ1) is 24.4. The van der Waals surface area contributed by atoms with E-state index in [9.17, 15) is 14.7 Å². The number of rotatable bonds is 6. The van der Waals surface area contributed by atoms with Crippen LogP contribution in [-0.4, -0.2) is 75.8 Å². The van der Waals surface area contributed by atoms with Crippen LogP contribution in [0.5, 0.6) is 0 Å². The summed E-state index contributed by atoms with van der Waals surface area (Å²) in [5.74, 6) is -1.50. The molecule has 2 aromatic carbocycles. The number of aromatic nitrogens is 2. The molecule has 1 atom stereocenters. The predicted molar refractivity (Wildman–Crippen MR) is 139 cm³/mol. The number of hydrogen-bond donors (Lipinski definition) is 1. The van der Waals surface area contributed by atoms with Crippen molar-refractivity contribution in [2.24, 2.45) is 0 Å². The Kier molecular flexibility index (Phi) is 7.04. The van der Waals surface area contributed by atoms with Crippen molar-refractivity contribution in [2.75, 3.05) is 39.4 Å². The highest BCUT2D eigenvalue weighted by Crippen LogP contribution is 2.40. The molecule has 0 radical (unpaired) electrons. The van der Waals surface area contributed by atoms with Gasteiger partial charge in [0.05, 0.1) is 48.0 Å². The molecule has 1 aromatic heterocycles. The van der Waals surface area contributed by atoms with Crippen molar-refractivity contribution >= 4 is 33.4 Å². The number of morpholine rings is 1. The molecule has 2 fully saturated rings. The van der Waals surface area contributed by atoms with Crippen LogP contribution in [0.2, 0.25) is 0 Å². The zero-order valence-corrected chi connectivity index (χ0v) is 21.5. The van der Waals surface area contributed by atoms with Gasteiger partial charge in [-0.3, -0.25) is 14.5 Å². The number of aliphatic hydroxyl groups excluding tert-OH is 1. The van der Waals surface area contributed by atoms with Crippen molar-refractivity contribution in [1.29, 1.82) is 0 Å². The molecule has 3 heterocycles. The lowest BCUT2D eigenvalue weighted by atomic mass is 9.95. The smallest absolute Gasteiger partial charge is 0.295 e. The van der Waals surface area contributed by atoms with E-state index < -0.39 is 17.7 Å². The van der Waals surface area contributed by atoms with Gasteiger partial charge in [-0.1, -0.05) is 46.3 Å². The Morgan fingerprint density at radius 1 is 1.06 bits per heavy atom. The lowest BCUT2D eigenvalue weighted by Gasteiger charge is -2.31. The van der Waals surface area contributed by atoms with Gasteiger partial charge in [-0.2, -0.15) is 5.10 Å². The number of aliphatic hydroxyl groups is 1. The van der Waals surface area contributed by atoms with Crippen LogP contribution in [0.4, 0.5) is 0 Å². The van der Waals surface area contributed by atoms with Crippen LogP contribution in [0.3, 0.4) is 0 Å². The second-order valence-corrected chi connectivity index (χ2v) is 9.80. The van der Waals surface area contributed by atoms with Gasteiger partial charge in [0.1, 0.15) is 5.76 Å². The van der Waals surface area contributed by atoms with Crippen molar-refractivity contribution in [3.05, 3.63) is 87.7 Å². The van der Waals surface area contributed by atoms with Gasteiger partial charge >= 0.3 is 0 Å². The predicted octanol–water partition coefficient (Wildman–Crippen LogP) is 3.70. The Balaban J connectivity index is 1.55. The molecular formula is C27H27BrN4O4. The number of hydrogen-bond acceptors (Lipinski definition) is 6. The molecule has 8 nitrogen and oxygen atoms in total. The summed E-state index contributed by atoms with van der Waals surface area (Å²) in [4.78, 5) is 30.4. The molecule has 9 heteroatoms. The molecule has 2 aliphatic heterocycles. The summed E-state index contributed by atoms with van der Waals surface area (Å²) in [6.07, 6.45) is 1.54. The number of Topliss-reactive ketones (excluding diaryl/α,β-unsaturated/α-hetero) is 1. The highest BCUT2D eigenvalue weighted by atomic mass is 79.9. The quantitative estimate of drug-likeness (QED) is 0.286. The van der Waals surface area contributed by atoms with E-state index in [0.29, 0.717) is 37.6 Å². The largest absolute Gasteiger partial charge is 0.507 e. The number of carbonyl (C=O) groups excluding carboxylic acids is 2. The Morgan fingerprint density at radius 2 is 1.75 bits per heavy atom. The summed E-state index contributed by atoms with van der Waals surface area (Å²) in [5, 5.41) is 15.9. The number of carbonyl (C=O) groups is 2. The SMILES string of the molecule is Cc1c(C(O)=C2C(=O)C(=O)N(CCN3CCOCC3)[C@@H]2c2ccc(Br)cc2)cnn1-c1ccccc1. The number of ketones is 1. The van der Waals surface area contributed by atoms with E-state index in [-0.39, 0.29) is 11.3 Å². The van der Waals surface area contributed by atoms with E-state index in [2.05, 4.69) is 25.9 Å². The summed E-state index contributed by atoms with van der Waals surface area (Å²) in [6.45, 7) is 5.69. The van der Waals surface area contributed by atoms with Gasteiger partial charge in [-0.15, -0.1) is 0 Å². The second kappa shape index (κ2) is 10.4. The van der Waals surface area contributed by atoms with Crippen molar-refractivity contribution in [1.82, 2.24) is 19.6 Å². The summed E-state index contributed by atoms with van der Waals surface area (Å²) >= 11 is 3.45. The fourth-order valence-electron chi connectivity index (χ4n) is 4.79. The van der Waals surface area contributed by atoms with Crippen LogP contribution in [0.15, 0.2) is 70.8 Å². The molecule has 0 spiro atoms. The van der Waals surface area contributed by atoms with Gasteiger partial charge in [0, 0.05) is 30.7 Å². The number of para-hydroxylation sites is 1. The minimum Gasteiger partial charge on any atom is -0.507 e. The summed E-state index contributed by atoms with van der Waals surface area (Å²) in [7, 11) is 0. The van der Waals surface area contributed by atoms with Crippen LogP contribution in [0.25, 0.3) is 11.4 Å². The zero-order valence-electron chi connectivity index (χ0n) is 19.9. The average molecular weight is 551 g/mol. The Hall–Kier alpha value is -3.27. The van der Waals surface area contributed by atoms with Gasteiger partial charge in [-0.05, 0) is 36.8 Å². The molecule has 2 saturated heterocycles. The van der Waals surface area contributed by atoms with Crippen molar-refractivity contribution in [3.8, 4) is 5.69 Å². The van der Waals surface area contributed by atoms with Crippen LogP contribution in [-0.2, 0) is 14.3 Å². The average Bonchev–Trinajstić information content (AvgIpc) is 3.41. The van der Waals surface area contributed by atoms with Crippen LogP contribution in [0, 0.1) is 6.92 Å². The molecular weight excluding hydrogens is 524 g/mol. The van der Waals surface area contributed by atoms with Crippen molar-refractivity contribution in [3.63, 3.8) is 0 Å². The number of halogens is 1. The van der Waals surface area contributed by atoms with Crippen LogP contribution >= 0.6 is 15.9 Å². The summed E-state index contributed by atoms with van der Waals surface area (Å²) in [5.41, 5.74) is 2.78. The maximum absolute atomic E-state index is 13.3. The summed E-state index contributed by atoms with van der Waals surface area (Å²) in [6, 6.07) is 16.3. The highest BCUT2D eigenvalue weighted by Gasteiger charge is 2.46. The fraction of sp³-hybridized carbons (Fsp3) is 0.296. The van der Waals surface area contributed by atoms with Gasteiger partial charge in [0.25, 0.3) is 11.7 Å². The monoisotopic (exact) mass is 550 g/mol. The number of benzene rings is 2. The Morgan fingerprint density at radius 3 is 2.44 bits per heavy atom. The molecule has 0 bridgehead atoms. The van der Waals surface area contributed by atoms with Crippen LogP contribution in [0.1, 0.15) is 22.9 Å². The second-order valence-electron chi connectivity index (χ2n) is 8.89. The molecule has 1 amide bonds. The maximum Gasteiger partial charge on any atom is 0.295 e. The molecule has 0 aliphatic carbocycles. The number of nitrogens with zero attached hydrogens (tertiary/aromatic N) is 4. The topological polar surface area (TPSA) is 87.9 Å². The lowest BCUT2D eigenvalue weighted by Crippen LogP contribution is -2.42. The Labute approximate surface area is 217 Å². The lowest BCUT2D eigenvalue weighted by molar-refractivity contribution is -0.140. The van der Waals surface area contributed by atoms with Gasteiger partial charge < -0.3 is 14.7 Å². The molecule has 2 aliphatic rings. The van der Waals surface area contributed by atoms with Crippen molar-refractivity contribution in [2.45, 2.75) is 13.0 Å². The van der Waals surface area contributed by atoms with Crippen molar-refractivity contribution < 1.29 is 19.4 Å². The maximum atomic E-state index is 13.3. The molecule has 0 saturated carbocycles. The van der Waals surface area contributed by atoms with Gasteiger partial charge in [-0.25, -0.2) is 4.68 Å². The first-order valence-corrected chi connectivity index (χ1v) is 12.7. The van der Waals surface area contributed by atoms with Gasteiger partial charge in [0.2, 0.25) is 0 Å². The van der Waals surface area contributed by atoms with E-state index in [1.165, 1.54) is 6.20 Å². The Bertz CT molecular complexity index is 1300. The molecule has 186 valence electrons.